The molecule has 0 spiro atoms. The molecule has 0 saturated heterocycles. The Morgan fingerprint density at radius 2 is 1.74 bits per heavy atom. The average molecular weight is 559 g/mol. The molecule has 1 aliphatic rings. The molecule has 1 aromatic heterocycles. The van der Waals surface area contributed by atoms with Crippen LogP contribution in [0.15, 0.2) is 53.1 Å². The number of hydrogen-bond acceptors (Lipinski definition) is 6. The van der Waals surface area contributed by atoms with E-state index in [0.717, 1.165) is 38.5 Å². The number of benzene rings is 2. The van der Waals surface area contributed by atoms with Crippen LogP contribution in [0.3, 0.4) is 0 Å². The second-order valence-corrected chi connectivity index (χ2v) is 10.9. The highest BCUT2D eigenvalue weighted by atomic mass is 35.5. The highest BCUT2D eigenvalue weighted by Crippen LogP contribution is 2.31. The summed E-state index contributed by atoms with van der Waals surface area (Å²) in [5.74, 6) is -0.322. The smallest absolute Gasteiger partial charge is 0.316 e. The first-order valence-corrected chi connectivity index (χ1v) is 13.6. The van der Waals surface area contributed by atoms with E-state index in [1.54, 1.807) is 18.2 Å². The van der Waals surface area contributed by atoms with Crippen molar-refractivity contribution in [3.05, 3.63) is 70.0 Å². The molecule has 1 unspecified atom stereocenters. The quantitative estimate of drug-likeness (QED) is 0.363. The van der Waals surface area contributed by atoms with Crippen LogP contribution in [0.4, 0.5) is 0 Å². The van der Waals surface area contributed by atoms with E-state index in [1.165, 1.54) is 5.56 Å². The minimum atomic E-state index is -0.622. The fourth-order valence-electron chi connectivity index (χ4n) is 5.15. The van der Waals surface area contributed by atoms with Gasteiger partial charge >= 0.3 is 11.8 Å². The van der Waals surface area contributed by atoms with Crippen LogP contribution >= 0.6 is 23.2 Å². The Hall–Kier alpha value is -2.94. The fourth-order valence-corrected chi connectivity index (χ4v) is 5.68. The van der Waals surface area contributed by atoms with Gasteiger partial charge < -0.3 is 20.1 Å². The summed E-state index contributed by atoms with van der Waals surface area (Å²) in [4.78, 5) is 31.3. The molecule has 8 nitrogen and oxygen atoms in total. The second-order valence-electron chi connectivity index (χ2n) is 10.00. The minimum absolute atomic E-state index is 0.107. The highest BCUT2D eigenvalue weighted by Gasteiger charge is 2.29. The van der Waals surface area contributed by atoms with Gasteiger partial charge in [0, 0.05) is 27.7 Å². The second kappa shape index (κ2) is 13.2. The van der Waals surface area contributed by atoms with Crippen molar-refractivity contribution in [1.29, 1.82) is 0 Å². The molecule has 1 aliphatic carbocycles. The monoisotopic (exact) mass is 557 g/mol. The van der Waals surface area contributed by atoms with Gasteiger partial charge in [0.1, 0.15) is 0 Å². The molecule has 4 rings (SSSR count). The summed E-state index contributed by atoms with van der Waals surface area (Å²) in [6.45, 7) is -0.170. The maximum atomic E-state index is 12.5. The van der Waals surface area contributed by atoms with Gasteiger partial charge in [-0.05, 0) is 82.3 Å². The molecule has 2 aromatic carbocycles. The average Bonchev–Trinajstić information content (AvgIpc) is 3.39. The fraction of sp³-hybridized carbons (Fsp3) is 0.429. The molecular formula is C28H33Cl2N5O3. The lowest BCUT2D eigenvalue weighted by molar-refractivity contribution is -0.121. The number of rotatable bonds is 10. The van der Waals surface area contributed by atoms with Crippen LogP contribution in [-0.4, -0.2) is 59.6 Å². The molecule has 1 heterocycles. The van der Waals surface area contributed by atoms with Crippen molar-refractivity contribution in [2.24, 2.45) is 5.92 Å². The maximum Gasteiger partial charge on any atom is 0.316 e. The summed E-state index contributed by atoms with van der Waals surface area (Å²) in [6, 6.07) is 16.0. The van der Waals surface area contributed by atoms with E-state index in [9.17, 15) is 9.59 Å². The molecule has 202 valence electrons. The van der Waals surface area contributed by atoms with Gasteiger partial charge in [0.05, 0.1) is 6.54 Å². The van der Waals surface area contributed by atoms with E-state index in [0.29, 0.717) is 27.6 Å². The summed E-state index contributed by atoms with van der Waals surface area (Å²) in [5, 5.41) is 10.2. The van der Waals surface area contributed by atoms with E-state index in [-0.39, 0.29) is 30.2 Å². The largest absolute Gasteiger partial charge is 0.352 e. The Bertz CT molecular complexity index is 1210. The number of carbonyl (C=O) groups is 2. The van der Waals surface area contributed by atoms with Crippen molar-refractivity contribution >= 4 is 35.0 Å². The number of nitrogens with zero attached hydrogens (tertiary/aromatic N) is 3. The first-order valence-electron chi connectivity index (χ1n) is 12.9. The normalized spacial score (nSPS) is 18.2. The molecule has 2 amide bonds. The Kier molecular flexibility index (Phi) is 9.77. The summed E-state index contributed by atoms with van der Waals surface area (Å²) in [6.07, 6.45) is 6.16. The topological polar surface area (TPSA) is 100 Å². The first-order chi connectivity index (χ1) is 18.3. The molecule has 1 saturated carbocycles. The van der Waals surface area contributed by atoms with Crippen LogP contribution in [-0.2, 0) is 11.2 Å². The standard InChI is InChI=1S/C28H33Cl2N5O3/c1-35(2)24(13-8-18-6-4-3-5-7-18)19-9-11-23(12-10-19)32-25(36)17-31-27(37)28-33-26(34-38-28)20-14-21(29)16-22(30)15-20/h3-7,14-16,19,23-24H,8-13,17H2,1-2H3,(H,31,37)(H,32,36). The summed E-state index contributed by atoms with van der Waals surface area (Å²) in [5.41, 5.74) is 1.89. The lowest BCUT2D eigenvalue weighted by Crippen LogP contribution is -2.45. The number of halogens is 2. The predicted octanol–water partition coefficient (Wildman–Crippen LogP) is 5.01. The number of amides is 2. The summed E-state index contributed by atoms with van der Waals surface area (Å²) < 4.78 is 5.05. The third kappa shape index (κ3) is 7.79. The molecule has 0 bridgehead atoms. The van der Waals surface area contributed by atoms with Crippen molar-refractivity contribution in [1.82, 2.24) is 25.7 Å². The molecule has 0 radical (unpaired) electrons. The van der Waals surface area contributed by atoms with Gasteiger partial charge in [-0.25, -0.2) is 0 Å². The molecule has 38 heavy (non-hydrogen) atoms. The Labute approximate surface area is 233 Å². The van der Waals surface area contributed by atoms with Crippen LogP contribution in [0.25, 0.3) is 11.4 Å². The maximum absolute atomic E-state index is 12.5. The van der Waals surface area contributed by atoms with Gasteiger partial charge in [-0.1, -0.05) is 58.7 Å². The van der Waals surface area contributed by atoms with E-state index in [1.807, 2.05) is 6.07 Å². The number of hydrogen-bond donors (Lipinski definition) is 2. The van der Waals surface area contributed by atoms with E-state index in [4.69, 9.17) is 27.7 Å². The number of aromatic nitrogens is 2. The van der Waals surface area contributed by atoms with Gasteiger partial charge in [0.25, 0.3) is 0 Å². The Balaban J connectivity index is 1.21. The molecule has 10 heteroatoms. The third-order valence-corrected chi connectivity index (χ3v) is 7.50. The lowest BCUT2D eigenvalue weighted by atomic mass is 9.79. The number of nitrogens with one attached hydrogen (secondary N) is 2. The lowest BCUT2D eigenvalue weighted by Gasteiger charge is -2.37. The van der Waals surface area contributed by atoms with Crippen molar-refractivity contribution < 1.29 is 14.1 Å². The van der Waals surface area contributed by atoms with E-state index >= 15 is 0 Å². The zero-order chi connectivity index (χ0) is 27.1. The molecule has 2 N–H and O–H groups in total. The SMILES string of the molecule is CN(C)C(CCc1ccccc1)C1CCC(NC(=O)CNC(=O)c2nc(-c3cc(Cl)cc(Cl)c3)no2)CC1. The van der Waals surface area contributed by atoms with E-state index < -0.39 is 5.91 Å². The molecule has 1 fully saturated rings. The zero-order valence-corrected chi connectivity index (χ0v) is 23.1. The Morgan fingerprint density at radius 3 is 2.39 bits per heavy atom. The summed E-state index contributed by atoms with van der Waals surface area (Å²) in [7, 11) is 4.31. The van der Waals surface area contributed by atoms with Crippen molar-refractivity contribution in [2.45, 2.75) is 50.6 Å². The zero-order valence-electron chi connectivity index (χ0n) is 21.6. The highest BCUT2D eigenvalue weighted by molar-refractivity contribution is 6.35. The van der Waals surface area contributed by atoms with E-state index in [2.05, 4.69) is 64.0 Å². The molecule has 0 aliphatic heterocycles. The van der Waals surface area contributed by atoms with Crippen LogP contribution in [0, 0.1) is 5.92 Å². The van der Waals surface area contributed by atoms with Crippen LogP contribution in [0.5, 0.6) is 0 Å². The summed E-state index contributed by atoms with van der Waals surface area (Å²) >= 11 is 12.0. The molecule has 1 atom stereocenters. The first kappa shape index (κ1) is 28.1. The van der Waals surface area contributed by atoms with Gasteiger partial charge in [0.15, 0.2) is 0 Å². The van der Waals surface area contributed by atoms with Gasteiger partial charge in [-0.3, -0.25) is 9.59 Å². The van der Waals surface area contributed by atoms with Crippen molar-refractivity contribution in [3.8, 4) is 11.4 Å². The van der Waals surface area contributed by atoms with Crippen molar-refractivity contribution in [2.75, 3.05) is 20.6 Å². The number of carbonyl (C=O) groups excluding carboxylic acids is 2. The third-order valence-electron chi connectivity index (χ3n) is 7.07. The Morgan fingerprint density at radius 1 is 1.05 bits per heavy atom. The van der Waals surface area contributed by atoms with Crippen LogP contribution in [0.2, 0.25) is 10.0 Å². The van der Waals surface area contributed by atoms with Gasteiger partial charge in [-0.2, -0.15) is 4.98 Å². The molecular weight excluding hydrogens is 525 g/mol. The van der Waals surface area contributed by atoms with Gasteiger partial charge in [0.2, 0.25) is 11.7 Å². The van der Waals surface area contributed by atoms with Crippen LogP contribution < -0.4 is 10.6 Å². The van der Waals surface area contributed by atoms with Gasteiger partial charge in [-0.15, -0.1) is 0 Å². The molecule has 3 aromatic rings. The minimum Gasteiger partial charge on any atom is -0.352 e. The predicted molar refractivity (Wildman–Crippen MR) is 148 cm³/mol. The number of aryl methyl sites for hydroxylation is 1. The van der Waals surface area contributed by atoms with Crippen molar-refractivity contribution in [3.63, 3.8) is 0 Å². The van der Waals surface area contributed by atoms with Crippen LogP contribution in [0.1, 0.15) is 48.4 Å².